The molecular formula is C13H17N4O8S+. The van der Waals surface area contributed by atoms with Crippen molar-refractivity contribution in [2.45, 2.75) is 31.3 Å². The van der Waals surface area contributed by atoms with Gasteiger partial charge in [0.15, 0.2) is 6.04 Å². The van der Waals surface area contributed by atoms with Crippen LogP contribution in [0.5, 0.6) is 0 Å². The normalized spacial score (nSPS) is 28.2. The maximum atomic E-state index is 13.0. The Labute approximate surface area is 147 Å². The van der Waals surface area contributed by atoms with Gasteiger partial charge in [-0.2, -0.15) is 12.9 Å². The fourth-order valence-corrected chi connectivity index (χ4v) is 3.95. The maximum Gasteiger partial charge on any atom is 0.452 e. The van der Waals surface area contributed by atoms with Gasteiger partial charge in [0, 0.05) is 6.42 Å². The number of nitrogens with two attached hydrogens (primary N) is 1. The Hall–Kier alpha value is -2.32. The third kappa shape index (κ3) is 2.99. The van der Waals surface area contributed by atoms with Gasteiger partial charge in [-0.1, -0.05) is 0 Å². The van der Waals surface area contributed by atoms with Crippen molar-refractivity contribution in [1.29, 1.82) is 0 Å². The summed E-state index contributed by atoms with van der Waals surface area (Å²) in [6, 6.07) is 0.0803. The van der Waals surface area contributed by atoms with E-state index in [0.29, 0.717) is 5.06 Å². The summed E-state index contributed by atoms with van der Waals surface area (Å²) >= 11 is 0. The van der Waals surface area contributed by atoms with Gasteiger partial charge in [0.2, 0.25) is 0 Å². The van der Waals surface area contributed by atoms with Crippen molar-refractivity contribution in [3.63, 3.8) is 0 Å². The van der Waals surface area contributed by atoms with Gasteiger partial charge in [-0.15, -0.1) is 9.35 Å². The summed E-state index contributed by atoms with van der Waals surface area (Å²) in [5.41, 5.74) is 1.93. The molecule has 0 spiro atoms. The van der Waals surface area contributed by atoms with Crippen molar-refractivity contribution >= 4 is 28.2 Å². The first-order valence-corrected chi connectivity index (χ1v) is 9.00. The molecule has 0 aliphatic carbocycles. The molecule has 26 heavy (non-hydrogen) atoms. The largest absolute Gasteiger partial charge is 0.469 e. The van der Waals surface area contributed by atoms with E-state index in [1.54, 1.807) is 6.07 Å². The number of piperidine rings is 1. The second-order valence-electron chi connectivity index (χ2n) is 6.07. The Morgan fingerprint density at radius 3 is 2.77 bits per heavy atom. The van der Waals surface area contributed by atoms with Gasteiger partial charge in [0.25, 0.3) is 5.91 Å². The van der Waals surface area contributed by atoms with E-state index in [1.165, 1.54) is 12.3 Å². The number of carbonyl (C=O) groups is 3. The lowest BCUT2D eigenvalue weighted by atomic mass is 9.96. The molecule has 0 aromatic carbocycles. The molecule has 2 fully saturated rings. The van der Waals surface area contributed by atoms with Crippen LogP contribution in [0.15, 0.2) is 22.8 Å². The fraction of sp³-hybridized carbons (Fsp3) is 0.462. The molecule has 142 valence electrons. The minimum atomic E-state index is -4.98. The summed E-state index contributed by atoms with van der Waals surface area (Å²) in [5.74, 6) is 4.04. The standard InChI is InChI=1S/C13H16N4O8S/c14-15-12(19)10-4-3-8-7-17(10,11(18)6-9-2-1-5-24-9)13(20)16(8)25-26(21,22)23/h1-2,5,8,10H,3-4,6-7,14H2,(H-,15,19,21,22,23)/p+1/t8-,10+,17?/m1/s1. The average molecular weight is 389 g/mol. The number of furan rings is 1. The molecule has 2 saturated heterocycles. The van der Waals surface area contributed by atoms with E-state index in [0.717, 1.165) is 0 Å². The lowest BCUT2D eigenvalue weighted by molar-refractivity contribution is -0.788. The predicted octanol–water partition coefficient (Wildman–Crippen LogP) is -1.14. The molecule has 2 aliphatic rings. The summed E-state index contributed by atoms with van der Waals surface area (Å²) in [7, 11) is -4.98. The molecule has 3 rings (SSSR count). The molecule has 2 aliphatic heterocycles. The number of hydrogen-bond donors (Lipinski definition) is 3. The number of imide groups is 1. The van der Waals surface area contributed by atoms with Crippen molar-refractivity contribution in [3.05, 3.63) is 24.2 Å². The molecule has 1 aromatic rings. The number of quaternary nitrogens is 1. The minimum Gasteiger partial charge on any atom is -0.469 e. The molecular weight excluding hydrogens is 372 g/mol. The Morgan fingerprint density at radius 1 is 1.46 bits per heavy atom. The number of urea groups is 1. The summed E-state index contributed by atoms with van der Waals surface area (Å²) < 4.78 is 39.5. The summed E-state index contributed by atoms with van der Waals surface area (Å²) in [6.07, 6.45) is 1.34. The van der Waals surface area contributed by atoms with E-state index >= 15 is 0 Å². The number of nitrogens with zero attached hydrogens (tertiary/aromatic N) is 2. The highest BCUT2D eigenvalue weighted by molar-refractivity contribution is 7.80. The molecule has 3 heterocycles. The molecule has 12 nitrogen and oxygen atoms in total. The number of carbonyl (C=O) groups excluding carboxylic acids is 3. The zero-order chi connectivity index (χ0) is 19.1. The topological polar surface area (TPSA) is 169 Å². The number of hydroxylamine groups is 2. The summed E-state index contributed by atoms with van der Waals surface area (Å²) in [6.45, 7) is -0.189. The highest BCUT2D eigenvalue weighted by Crippen LogP contribution is 2.39. The second-order valence-corrected chi connectivity index (χ2v) is 7.07. The van der Waals surface area contributed by atoms with Crippen molar-refractivity contribution in [1.82, 2.24) is 10.5 Å². The molecule has 1 aromatic heterocycles. The first-order valence-electron chi connectivity index (χ1n) is 7.64. The van der Waals surface area contributed by atoms with E-state index in [2.05, 4.69) is 4.28 Å². The monoisotopic (exact) mass is 389 g/mol. The van der Waals surface area contributed by atoms with E-state index < -0.39 is 44.8 Å². The van der Waals surface area contributed by atoms with Crippen LogP contribution in [0.3, 0.4) is 0 Å². The van der Waals surface area contributed by atoms with Gasteiger partial charge in [-0.05, 0) is 18.6 Å². The molecule has 4 amide bonds. The molecule has 3 atom stereocenters. The highest BCUT2D eigenvalue weighted by atomic mass is 32.3. The van der Waals surface area contributed by atoms with Crippen LogP contribution in [0.1, 0.15) is 18.6 Å². The van der Waals surface area contributed by atoms with Crippen LogP contribution in [0, 0.1) is 0 Å². The SMILES string of the molecule is NNC(=O)[C@@H]1CC[C@@H]2C[N+]1(C(=O)Cc1ccco1)C(=O)N2OS(=O)(=O)O. The van der Waals surface area contributed by atoms with Crippen LogP contribution in [-0.4, -0.2) is 59.0 Å². The van der Waals surface area contributed by atoms with Gasteiger partial charge in [0.05, 0.1) is 6.26 Å². The van der Waals surface area contributed by atoms with Gasteiger partial charge in [-0.3, -0.25) is 14.8 Å². The van der Waals surface area contributed by atoms with Gasteiger partial charge < -0.3 is 4.42 Å². The number of amides is 4. The quantitative estimate of drug-likeness (QED) is 0.185. The second kappa shape index (κ2) is 6.44. The van der Waals surface area contributed by atoms with E-state index in [-0.39, 0.29) is 31.6 Å². The number of rotatable bonds is 5. The third-order valence-corrected chi connectivity index (χ3v) is 4.98. The number of hydrogen-bond acceptors (Lipinski definition) is 8. The lowest BCUT2D eigenvalue weighted by Gasteiger charge is -2.36. The predicted molar refractivity (Wildman–Crippen MR) is 81.6 cm³/mol. The van der Waals surface area contributed by atoms with Crippen molar-refractivity contribution < 1.29 is 40.5 Å². The van der Waals surface area contributed by atoms with Crippen LogP contribution in [0.25, 0.3) is 0 Å². The molecule has 0 radical (unpaired) electrons. The average Bonchev–Trinajstić information content (AvgIpc) is 3.15. The van der Waals surface area contributed by atoms with E-state index in [1.807, 2.05) is 5.43 Å². The fourth-order valence-electron chi connectivity index (χ4n) is 3.56. The zero-order valence-corrected chi connectivity index (χ0v) is 14.2. The number of nitrogens with one attached hydrogen (secondary N) is 1. The van der Waals surface area contributed by atoms with Crippen LogP contribution < -0.4 is 11.3 Å². The Balaban J connectivity index is 2.00. The molecule has 13 heteroatoms. The maximum absolute atomic E-state index is 13.0. The summed E-state index contributed by atoms with van der Waals surface area (Å²) in [5, 5.41) is 0.444. The van der Waals surface area contributed by atoms with Gasteiger partial charge in [-0.25, -0.2) is 15.4 Å². The first kappa shape index (κ1) is 18.5. The van der Waals surface area contributed by atoms with Gasteiger partial charge in [0.1, 0.15) is 24.8 Å². The van der Waals surface area contributed by atoms with Crippen LogP contribution in [-0.2, 0) is 30.7 Å². The third-order valence-electron chi connectivity index (χ3n) is 4.64. The van der Waals surface area contributed by atoms with E-state index in [9.17, 15) is 22.8 Å². The first-order chi connectivity index (χ1) is 12.2. The van der Waals surface area contributed by atoms with Crippen LogP contribution in [0.2, 0.25) is 0 Å². The minimum absolute atomic E-state index is 0.0919. The van der Waals surface area contributed by atoms with Crippen LogP contribution in [0.4, 0.5) is 4.79 Å². The molecule has 1 unspecified atom stereocenters. The van der Waals surface area contributed by atoms with Crippen LogP contribution >= 0.6 is 0 Å². The zero-order valence-electron chi connectivity index (χ0n) is 13.4. The lowest BCUT2D eigenvalue weighted by Crippen LogP contribution is -2.67. The summed E-state index contributed by atoms with van der Waals surface area (Å²) in [4.78, 5) is 38.1. The number of hydrazine groups is 1. The molecule has 2 bridgehead atoms. The molecule has 4 N–H and O–H groups in total. The Morgan fingerprint density at radius 2 is 2.19 bits per heavy atom. The van der Waals surface area contributed by atoms with E-state index in [4.69, 9.17) is 14.8 Å². The smallest absolute Gasteiger partial charge is 0.452 e. The Kier molecular flexibility index (Phi) is 4.58. The highest BCUT2D eigenvalue weighted by Gasteiger charge is 2.67. The molecule has 0 saturated carbocycles. The van der Waals surface area contributed by atoms with Crippen molar-refractivity contribution in [2.75, 3.05) is 6.54 Å². The number of fused-ring (bicyclic) bond motifs is 2. The van der Waals surface area contributed by atoms with Crippen molar-refractivity contribution in [3.8, 4) is 0 Å². The Bertz CT molecular complexity index is 838. The van der Waals surface area contributed by atoms with Gasteiger partial charge >= 0.3 is 22.3 Å². The van der Waals surface area contributed by atoms with Crippen molar-refractivity contribution in [2.24, 2.45) is 5.84 Å².